The van der Waals surface area contributed by atoms with Gasteiger partial charge in [-0.1, -0.05) is 30.3 Å². The molecule has 0 aromatic heterocycles. The van der Waals surface area contributed by atoms with Gasteiger partial charge in [-0.3, -0.25) is 19.3 Å². The summed E-state index contributed by atoms with van der Waals surface area (Å²) in [5.74, 6) is -1.43. The third kappa shape index (κ3) is 3.59. The number of hydrogen-bond donors (Lipinski definition) is 1. The zero-order valence-electron chi connectivity index (χ0n) is 18.3. The van der Waals surface area contributed by atoms with Crippen LogP contribution in [-0.4, -0.2) is 48.9 Å². The maximum atomic E-state index is 13.1. The Balaban J connectivity index is 1.35. The molecule has 3 aromatic rings. The Kier molecular flexibility index (Phi) is 5.30. The Hall–Kier alpha value is -3.82. The minimum Gasteiger partial charge on any atom is -0.321 e. The average molecular weight is 476 g/mol. The molecule has 0 spiro atoms. The Labute approximate surface area is 196 Å². The third-order valence-electron chi connectivity index (χ3n) is 6.22. The van der Waals surface area contributed by atoms with E-state index < -0.39 is 27.7 Å². The molecule has 2 aliphatic heterocycles. The van der Waals surface area contributed by atoms with Gasteiger partial charge in [0.25, 0.3) is 17.7 Å². The second kappa shape index (κ2) is 8.19. The lowest BCUT2D eigenvalue weighted by atomic mass is 10.0. The van der Waals surface area contributed by atoms with Gasteiger partial charge >= 0.3 is 0 Å². The summed E-state index contributed by atoms with van der Waals surface area (Å²) in [6.45, 7) is 0.697. The van der Waals surface area contributed by atoms with Crippen LogP contribution in [0.4, 0.5) is 5.69 Å². The number of fused-ring (bicyclic) bond motifs is 2. The minimum absolute atomic E-state index is 0.103. The lowest BCUT2D eigenvalue weighted by Gasteiger charge is -2.28. The molecule has 8 nitrogen and oxygen atoms in total. The lowest BCUT2D eigenvalue weighted by Crippen LogP contribution is -2.35. The van der Waals surface area contributed by atoms with E-state index in [1.54, 1.807) is 12.1 Å². The van der Waals surface area contributed by atoms with Crippen LogP contribution in [0.25, 0.3) is 0 Å². The monoisotopic (exact) mass is 475 g/mol. The van der Waals surface area contributed by atoms with E-state index in [1.807, 2.05) is 24.3 Å². The molecule has 0 bridgehead atoms. The summed E-state index contributed by atoms with van der Waals surface area (Å²) >= 11 is 0. The van der Waals surface area contributed by atoms with Crippen LogP contribution in [0, 0.1) is 0 Å². The lowest BCUT2D eigenvalue weighted by molar-refractivity contribution is 0.0693. The van der Waals surface area contributed by atoms with E-state index in [1.165, 1.54) is 41.7 Å². The highest BCUT2D eigenvalue weighted by Gasteiger charge is 2.35. The summed E-state index contributed by atoms with van der Waals surface area (Å²) < 4.78 is 27.7. The minimum atomic E-state index is -3.72. The summed E-state index contributed by atoms with van der Waals surface area (Å²) in [7, 11) is -2.33. The van der Waals surface area contributed by atoms with E-state index >= 15 is 0 Å². The van der Waals surface area contributed by atoms with Crippen molar-refractivity contribution in [3.8, 4) is 0 Å². The van der Waals surface area contributed by atoms with Crippen LogP contribution in [0.5, 0.6) is 0 Å². The molecule has 2 heterocycles. The topological polar surface area (TPSA) is 104 Å². The Morgan fingerprint density at radius 3 is 2.32 bits per heavy atom. The van der Waals surface area contributed by atoms with Gasteiger partial charge in [0.2, 0.25) is 10.0 Å². The van der Waals surface area contributed by atoms with Gasteiger partial charge in [0, 0.05) is 25.7 Å². The highest BCUT2D eigenvalue weighted by atomic mass is 32.2. The van der Waals surface area contributed by atoms with Gasteiger partial charge in [0.15, 0.2) is 0 Å². The van der Waals surface area contributed by atoms with Crippen LogP contribution in [0.15, 0.2) is 71.6 Å². The van der Waals surface area contributed by atoms with E-state index in [0.717, 1.165) is 16.0 Å². The number of hydrogen-bond acceptors (Lipinski definition) is 5. The fraction of sp³-hybridized carbons (Fsp3) is 0.160. The molecule has 3 amide bonds. The fourth-order valence-corrected chi connectivity index (χ4v) is 5.72. The van der Waals surface area contributed by atoms with Crippen molar-refractivity contribution in [1.82, 2.24) is 9.21 Å². The van der Waals surface area contributed by atoms with Crippen molar-refractivity contribution in [2.75, 3.05) is 18.9 Å². The Morgan fingerprint density at radius 2 is 1.59 bits per heavy atom. The predicted molar refractivity (Wildman–Crippen MR) is 125 cm³/mol. The number of carbonyl (C=O) groups is 3. The molecular formula is C25H21N3O5S. The molecule has 0 radical (unpaired) electrons. The Bertz CT molecular complexity index is 1450. The van der Waals surface area contributed by atoms with Crippen molar-refractivity contribution >= 4 is 33.4 Å². The van der Waals surface area contributed by atoms with E-state index in [9.17, 15) is 22.8 Å². The number of nitrogens with one attached hydrogen (secondary N) is 1. The second-order valence-electron chi connectivity index (χ2n) is 8.23. The molecular weight excluding hydrogens is 454 g/mol. The SMILES string of the molecule is CN1C(=O)c2cccc(NC(=O)c3ccc(S(=O)(=O)N4CCc5ccccc5C4)cc3)c2C1=O. The van der Waals surface area contributed by atoms with Crippen molar-refractivity contribution in [3.63, 3.8) is 0 Å². The molecule has 0 aliphatic carbocycles. The molecule has 34 heavy (non-hydrogen) atoms. The number of imide groups is 1. The number of carbonyl (C=O) groups excluding carboxylic acids is 3. The van der Waals surface area contributed by atoms with Crippen LogP contribution < -0.4 is 5.32 Å². The molecule has 0 unspecified atom stereocenters. The first-order chi connectivity index (χ1) is 16.3. The molecule has 0 atom stereocenters. The molecule has 9 heteroatoms. The molecule has 1 N–H and O–H groups in total. The standard InChI is InChI=1S/C25H21N3O5S/c1-27-24(30)20-7-4-8-21(22(20)25(27)31)26-23(29)17-9-11-19(12-10-17)34(32,33)28-14-13-16-5-2-3-6-18(16)15-28/h2-12H,13-15H2,1H3,(H,26,29). The van der Waals surface area contributed by atoms with Gasteiger partial charge in [-0.05, 0) is 53.9 Å². The quantitative estimate of drug-likeness (QED) is 0.585. The molecule has 3 aromatic carbocycles. The second-order valence-corrected chi connectivity index (χ2v) is 10.2. The molecule has 5 rings (SSSR count). The van der Waals surface area contributed by atoms with Gasteiger partial charge in [-0.2, -0.15) is 4.31 Å². The van der Waals surface area contributed by atoms with Gasteiger partial charge in [-0.15, -0.1) is 0 Å². The fourth-order valence-electron chi connectivity index (χ4n) is 4.30. The molecule has 172 valence electrons. The summed E-state index contributed by atoms with van der Waals surface area (Å²) in [5, 5.41) is 2.66. The van der Waals surface area contributed by atoms with Crippen molar-refractivity contribution < 1.29 is 22.8 Å². The molecule has 2 aliphatic rings. The summed E-state index contributed by atoms with van der Waals surface area (Å²) in [6, 6.07) is 18.1. The van der Waals surface area contributed by atoms with Crippen molar-refractivity contribution in [1.29, 1.82) is 0 Å². The highest BCUT2D eigenvalue weighted by Crippen LogP contribution is 2.29. The number of nitrogens with zero attached hydrogens (tertiary/aromatic N) is 2. The molecule has 0 saturated carbocycles. The number of amides is 3. The maximum Gasteiger partial charge on any atom is 0.263 e. The van der Waals surface area contributed by atoms with Gasteiger partial charge < -0.3 is 5.32 Å². The van der Waals surface area contributed by atoms with Crippen LogP contribution >= 0.6 is 0 Å². The third-order valence-corrected chi connectivity index (χ3v) is 8.08. The first-order valence-corrected chi connectivity index (χ1v) is 12.1. The van der Waals surface area contributed by atoms with E-state index in [-0.39, 0.29) is 27.3 Å². The van der Waals surface area contributed by atoms with Gasteiger partial charge in [-0.25, -0.2) is 8.42 Å². The normalized spacial score (nSPS) is 15.7. The summed E-state index contributed by atoms with van der Waals surface area (Å²) in [4.78, 5) is 38.5. The van der Waals surface area contributed by atoms with E-state index in [2.05, 4.69) is 5.32 Å². The number of benzene rings is 3. The van der Waals surface area contributed by atoms with E-state index in [4.69, 9.17) is 0 Å². The summed E-state index contributed by atoms with van der Waals surface area (Å²) in [5.41, 5.74) is 2.98. The average Bonchev–Trinajstić information content (AvgIpc) is 3.08. The highest BCUT2D eigenvalue weighted by molar-refractivity contribution is 7.89. The first-order valence-electron chi connectivity index (χ1n) is 10.7. The molecule has 0 fully saturated rings. The van der Waals surface area contributed by atoms with Crippen LogP contribution in [0.1, 0.15) is 42.2 Å². The van der Waals surface area contributed by atoms with Crippen molar-refractivity contribution in [3.05, 3.63) is 94.5 Å². The summed E-state index contributed by atoms with van der Waals surface area (Å²) in [6.07, 6.45) is 0.647. The van der Waals surface area contributed by atoms with Gasteiger partial charge in [0.05, 0.1) is 21.7 Å². The zero-order valence-corrected chi connectivity index (χ0v) is 19.1. The molecule has 0 saturated heterocycles. The largest absolute Gasteiger partial charge is 0.321 e. The predicted octanol–water partition coefficient (Wildman–Crippen LogP) is 2.91. The Morgan fingerprint density at radius 1 is 0.882 bits per heavy atom. The smallest absolute Gasteiger partial charge is 0.263 e. The van der Waals surface area contributed by atoms with E-state index in [0.29, 0.717) is 19.5 Å². The van der Waals surface area contributed by atoms with Crippen molar-refractivity contribution in [2.45, 2.75) is 17.9 Å². The van der Waals surface area contributed by atoms with Crippen LogP contribution in [0.2, 0.25) is 0 Å². The number of anilines is 1. The number of sulfonamides is 1. The van der Waals surface area contributed by atoms with Crippen LogP contribution in [-0.2, 0) is 23.0 Å². The van der Waals surface area contributed by atoms with Crippen LogP contribution in [0.3, 0.4) is 0 Å². The van der Waals surface area contributed by atoms with Crippen molar-refractivity contribution in [2.24, 2.45) is 0 Å². The van der Waals surface area contributed by atoms with Gasteiger partial charge in [0.1, 0.15) is 0 Å². The first kappa shape index (κ1) is 22.0. The number of rotatable bonds is 4. The zero-order chi connectivity index (χ0) is 24.0. The maximum absolute atomic E-state index is 13.1.